The molecule has 2 heterocycles. The Morgan fingerprint density at radius 2 is 2.04 bits per heavy atom. The molecule has 5 nitrogen and oxygen atoms in total. The summed E-state index contributed by atoms with van der Waals surface area (Å²) in [4.78, 5) is 12.5. The van der Waals surface area contributed by atoms with Crippen molar-refractivity contribution < 1.29 is 24.5 Å². The number of aromatic hydroxyl groups is 1. The minimum Gasteiger partial charge on any atom is -0.507 e. The van der Waals surface area contributed by atoms with E-state index in [0.717, 1.165) is 0 Å². The van der Waals surface area contributed by atoms with Gasteiger partial charge in [-0.1, -0.05) is 18.2 Å². The molecule has 1 saturated heterocycles. The molecule has 0 spiro atoms. The van der Waals surface area contributed by atoms with Crippen molar-refractivity contribution in [3.63, 3.8) is 0 Å². The van der Waals surface area contributed by atoms with Crippen molar-refractivity contribution in [3.8, 4) is 5.75 Å². The van der Waals surface area contributed by atoms with Crippen LogP contribution in [-0.2, 0) is 15.9 Å². The fourth-order valence-electron chi connectivity index (χ4n) is 3.49. The van der Waals surface area contributed by atoms with Crippen molar-refractivity contribution >= 4 is 5.97 Å². The van der Waals surface area contributed by atoms with E-state index in [4.69, 9.17) is 9.47 Å². The minimum absolute atomic E-state index is 0.0849. The number of rotatable bonds is 2. The highest BCUT2D eigenvalue weighted by atomic mass is 16.5. The molecule has 2 aliphatic rings. The van der Waals surface area contributed by atoms with E-state index in [2.05, 4.69) is 6.58 Å². The Kier molecular flexibility index (Phi) is 4.68. The lowest BCUT2D eigenvalue weighted by Crippen LogP contribution is -2.40. The van der Waals surface area contributed by atoms with Gasteiger partial charge < -0.3 is 19.7 Å². The standard InChI is InChI=1S/C18H22O5/c1-2-4-13-10-15-9-12(19)8-14(22-15)7-11-5-3-6-16(20)17(11)18(21)23-13/h2-3,5-6,12-15,19-20H,1,4,7-10H2/t12-,13+,14+,15-/m0/s1. The number of cyclic esters (lactones) is 1. The van der Waals surface area contributed by atoms with Crippen LogP contribution in [0.15, 0.2) is 30.9 Å². The van der Waals surface area contributed by atoms with Crippen LogP contribution in [0.4, 0.5) is 0 Å². The van der Waals surface area contributed by atoms with Gasteiger partial charge in [0, 0.05) is 12.8 Å². The number of carbonyl (C=O) groups excluding carboxylic acids is 1. The summed E-state index contributed by atoms with van der Waals surface area (Å²) in [5.74, 6) is -0.594. The van der Waals surface area contributed by atoms with Gasteiger partial charge in [-0.15, -0.1) is 6.58 Å². The van der Waals surface area contributed by atoms with Gasteiger partial charge in [0.2, 0.25) is 0 Å². The Labute approximate surface area is 135 Å². The van der Waals surface area contributed by atoms with Crippen molar-refractivity contribution in [2.75, 3.05) is 0 Å². The number of carbonyl (C=O) groups is 1. The molecule has 4 atom stereocenters. The Hall–Kier alpha value is -1.85. The van der Waals surface area contributed by atoms with Crippen molar-refractivity contribution in [1.82, 2.24) is 0 Å². The lowest BCUT2D eigenvalue weighted by Gasteiger charge is -2.36. The van der Waals surface area contributed by atoms with Crippen molar-refractivity contribution in [2.45, 2.75) is 56.5 Å². The van der Waals surface area contributed by atoms with E-state index in [-0.39, 0.29) is 29.6 Å². The summed E-state index contributed by atoms with van der Waals surface area (Å²) < 4.78 is 11.6. The zero-order chi connectivity index (χ0) is 16.4. The second kappa shape index (κ2) is 6.72. The monoisotopic (exact) mass is 318 g/mol. The van der Waals surface area contributed by atoms with E-state index in [1.165, 1.54) is 6.07 Å². The van der Waals surface area contributed by atoms with Gasteiger partial charge in [-0.05, 0) is 30.9 Å². The molecule has 1 aromatic carbocycles. The number of fused-ring (bicyclic) bond motifs is 3. The van der Waals surface area contributed by atoms with E-state index in [1.54, 1.807) is 18.2 Å². The molecule has 3 rings (SSSR count). The first-order valence-electron chi connectivity index (χ1n) is 8.03. The predicted molar refractivity (Wildman–Crippen MR) is 84.3 cm³/mol. The van der Waals surface area contributed by atoms with Gasteiger partial charge in [-0.3, -0.25) is 0 Å². The van der Waals surface area contributed by atoms with E-state index in [0.29, 0.717) is 37.7 Å². The zero-order valence-electron chi connectivity index (χ0n) is 13.0. The molecular formula is C18H22O5. The minimum atomic E-state index is -0.509. The number of phenolic OH excluding ortho intramolecular Hbond substituents is 1. The second-order valence-corrected chi connectivity index (χ2v) is 6.31. The van der Waals surface area contributed by atoms with Crippen LogP contribution in [0.2, 0.25) is 0 Å². The lowest BCUT2D eigenvalue weighted by molar-refractivity contribution is -0.109. The molecule has 23 heavy (non-hydrogen) atoms. The highest BCUT2D eigenvalue weighted by Crippen LogP contribution is 2.31. The maximum Gasteiger partial charge on any atom is 0.342 e. The average Bonchev–Trinajstić information content (AvgIpc) is 2.46. The summed E-state index contributed by atoms with van der Waals surface area (Å²) in [6.45, 7) is 3.70. The third-order valence-electron chi connectivity index (χ3n) is 4.46. The number of hydrogen-bond donors (Lipinski definition) is 2. The van der Waals surface area contributed by atoms with Gasteiger partial charge in [-0.25, -0.2) is 4.79 Å². The van der Waals surface area contributed by atoms with E-state index >= 15 is 0 Å². The van der Waals surface area contributed by atoms with Gasteiger partial charge in [0.1, 0.15) is 17.4 Å². The van der Waals surface area contributed by atoms with Gasteiger partial charge in [-0.2, -0.15) is 0 Å². The molecule has 0 unspecified atom stereocenters. The molecule has 0 aliphatic carbocycles. The largest absolute Gasteiger partial charge is 0.507 e. The van der Waals surface area contributed by atoms with Crippen LogP contribution in [0.1, 0.15) is 41.6 Å². The van der Waals surface area contributed by atoms with Gasteiger partial charge >= 0.3 is 5.97 Å². The summed E-state index contributed by atoms with van der Waals surface area (Å²) in [6.07, 6.45) is 3.19. The first kappa shape index (κ1) is 16.0. The van der Waals surface area contributed by atoms with E-state index in [1.807, 2.05) is 0 Å². The van der Waals surface area contributed by atoms with Crippen molar-refractivity contribution in [2.24, 2.45) is 0 Å². The molecule has 0 radical (unpaired) electrons. The first-order chi connectivity index (χ1) is 11.1. The second-order valence-electron chi connectivity index (χ2n) is 6.31. The van der Waals surface area contributed by atoms with Crippen molar-refractivity contribution in [3.05, 3.63) is 42.0 Å². The number of benzene rings is 1. The lowest BCUT2D eigenvalue weighted by atomic mass is 9.91. The number of aliphatic hydroxyl groups excluding tert-OH is 1. The van der Waals surface area contributed by atoms with E-state index in [9.17, 15) is 15.0 Å². The van der Waals surface area contributed by atoms with Gasteiger partial charge in [0.25, 0.3) is 0 Å². The third-order valence-corrected chi connectivity index (χ3v) is 4.46. The zero-order valence-corrected chi connectivity index (χ0v) is 13.0. The number of aliphatic hydroxyl groups is 1. The molecule has 124 valence electrons. The smallest absolute Gasteiger partial charge is 0.342 e. The van der Waals surface area contributed by atoms with Crippen LogP contribution in [-0.4, -0.2) is 40.6 Å². The summed E-state index contributed by atoms with van der Waals surface area (Å²) >= 11 is 0. The Morgan fingerprint density at radius 3 is 2.83 bits per heavy atom. The molecule has 0 saturated carbocycles. The summed E-state index contributed by atoms with van der Waals surface area (Å²) in [7, 11) is 0. The molecular weight excluding hydrogens is 296 g/mol. The number of ether oxygens (including phenoxy) is 2. The summed E-state index contributed by atoms with van der Waals surface area (Å²) in [6, 6.07) is 4.97. The quantitative estimate of drug-likeness (QED) is 0.646. The van der Waals surface area contributed by atoms with Crippen molar-refractivity contribution in [1.29, 1.82) is 0 Å². The maximum atomic E-state index is 12.5. The molecule has 0 amide bonds. The summed E-state index contributed by atoms with van der Waals surface area (Å²) in [5.41, 5.74) is 0.885. The predicted octanol–water partition coefficient (Wildman–Crippen LogP) is 2.35. The number of esters is 1. The average molecular weight is 318 g/mol. The number of phenols is 1. The van der Waals surface area contributed by atoms with Gasteiger partial charge in [0.15, 0.2) is 0 Å². The topological polar surface area (TPSA) is 76.0 Å². The maximum absolute atomic E-state index is 12.5. The first-order valence-corrected chi connectivity index (χ1v) is 8.03. The highest BCUT2D eigenvalue weighted by molar-refractivity contribution is 5.94. The van der Waals surface area contributed by atoms with Crippen LogP contribution in [0.5, 0.6) is 5.75 Å². The van der Waals surface area contributed by atoms with Crippen LogP contribution < -0.4 is 0 Å². The van der Waals surface area contributed by atoms with Crippen LogP contribution in [0, 0.1) is 0 Å². The van der Waals surface area contributed by atoms with Gasteiger partial charge in [0.05, 0.1) is 18.3 Å². The Morgan fingerprint density at radius 1 is 1.26 bits per heavy atom. The van der Waals surface area contributed by atoms with Crippen LogP contribution >= 0.6 is 0 Å². The molecule has 1 fully saturated rings. The molecule has 0 aromatic heterocycles. The number of hydrogen-bond acceptors (Lipinski definition) is 5. The SMILES string of the molecule is C=CC[C@@H]1C[C@@H]2C[C@@H](O)C[C@@H](Cc3cccc(O)c3C(=O)O1)O2. The molecule has 2 bridgehead atoms. The van der Waals surface area contributed by atoms with Crippen LogP contribution in [0.25, 0.3) is 0 Å². The summed E-state index contributed by atoms with van der Waals surface area (Å²) in [5, 5.41) is 20.2. The van der Waals surface area contributed by atoms with E-state index < -0.39 is 12.1 Å². The molecule has 1 aromatic rings. The highest BCUT2D eigenvalue weighted by Gasteiger charge is 2.34. The fourth-order valence-corrected chi connectivity index (χ4v) is 3.49. The third kappa shape index (κ3) is 3.57. The molecule has 2 aliphatic heterocycles. The normalized spacial score (nSPS) is 30.9. The molecule has 5 heteroatoms. The molecule has 2 N–H and O–H groups in total. The Bertz CT molecular complexity index is 597. The van der Waals surface area contributed by atoms with Crippen LogP contribution in [0.3, 0.4) is 0 Å². The fraction of sp³-hybridized carbons (Fsp3) is 0.500. The Balaban J connectivity index is 1.98.